The Bertz CT molecular complexity index is 488. The average Bonchev–Trinajstić information content (AvgIpc) is 2.61. The van der Waals surface area contributed by atoms with Crippen LogP contribution in [-0.2, 0) is 0 Å². The first-order valence-corrected chi connectivity index (χ1v) is 4.77. The second-order valence-electron chi connectivity index (χ2n) is 3.20. The van der Waals surface area contributed by atoms with Gasteiger partial charge in [0.15, 0.2) is 6.29 Å². The van der Waals surface area contributed by atoms with Gasteiger partial charge >= 0.3 is 0 Å². The molecule has 2 rings (SSSR count). The molecule has 0 fully saturated rings. The molecule has 15 heavy (non-hydrogen) atoms. The maximum atomic E-state index is 10.8. The number of aldehydes is 1. The van der Waals surface area contributed by atoms with Crippen LogP contribution >= 0.6 is 11.6 Å². The van der Waals surface area contributed by atoms with Crippen molar-refractivity contribution >= 4 is 17.9 Å². The summed E-state index contributed by atoms with van der Waals surface area (Å²) in [5, 5.41) is 3.78. The van der Waals surface area contributed by atoms with Crippen molar-refractivity contribution in [3.05, 3.63) is 40.6 Å². The van der Waals surface area contributed by atoms with E-state index in [9.17, 15) is 4.79 Å². The molecule has 0 bridgehead atoms. The van der Waals surface area contributed by atoms with Gasteiger partial charge in [-0.25, -0.2) is 0 Å². The van der Waals surface area contributed by atoms with Gasteiger partial charge in [-0.3, -0.25) is 4.79 Å². The minimum atomic E-state index is 0.0283. The van der Waals surface area contributed by atoms with Gasteiger partial charge in [-0.1, -0.05) is 35.0 Å². The number of rotatable bonds is 2. The molecule has 0 aliphatic rings. The molecule has 0 N–H and O–H groups in total. The van der Waals surface area contributed by atoms with Crippen molar-refractivity contribution in [2.45, 2.75) is 6.92 Å². The minimum Gasteiger partial charge on any atom is -0.343 e. The first-order chi connectivity index (χ1) is 7.22. The highest BCUT2D eigenvalue weighted by atomic mass is 35.5. The molecule has 1 aromatic heterocycles. The van der Waals surface area contributed by atoms with Gasteiger partial charge in [0.25, 0.3) is 0 Å². The average molecular weight is 222 g/mol. The van der Waals surface area contributed by atoms with Crippen LogP contribution in [-0.4, -0.2) is 11.4 Å². The molecule has 0 aliphatic carbocycles. The van der Waals surface area contributed by atoms with E-state index in [0.717, 1.165) is 11.1 Å². The fourth-order valence-corrected chi connectivity index (χ4v) is 1.47. The molecule has 0 saturated carbocycles. The lowest BCUT2D eigenvalue weighted by Gasteiger charge is -1.97. The highest BCUT2D eigenvalue weighted by Crippen LogP contribution is 2.27. The number of hydrogen-bond acceptors (Lipinski definition) is 3. The summed E-state index contributed by atoms with van der Waals surface area (Å²) in [6, 6.07) is 7.62. The van der Waals surface area contributed by atoms with Crippen molar-refractivity contribution in [1.29, 1.82) is 0 Å². The van der Waals surface area contributed by atoms with Crippen molar-refractivity contribution < 1.29 is 9.32 Å². The van der Waals surface area contributed by atoms with Gasteiger partial charge in [-0.15, -0.1) is 0 Å². The quantitative estimate of drug-likeness (QED) is 0.732. The van der Waals surface area contributed by atoms with Gasteiger partial charge in [-0.05, 0) is 18.5 Å². The SMILES string of the molecule is Cc1ccc(-c2noc(Cl)c2C=O)cc1. The zero-order valence-electron chi connectivity index (χ0n) is 8.03. The molecule has 0 unspecified atom stereocenters. The van der Waals surface area contributed by atoms with Crippen molar-refractivity contribution in [3.8, 4) is 11.3 Å². The van der Waals surface area contributed by atoms with Crippen LogP contribution in [0.4, 0.5) is 0 Å². The molecule has 0 amide bonds. The second kappa shape index (κ2) is 3.87. The van der Waals surface area contributed by atoms with Crippen LogP contribution in [0.15, 0.2) is 28.8 Å². The van der Waals surface area contributed by atoms with Crippen LogP contribution in [0.25, 0.3) is 11.3 Å². The Kier molecular flexibility index (Phi) is 2.56. The molecule has 1 aromatic carbocycles. The topological polar surface area (TPSA) is 43.1 Å². The third-order valence-corrected chi connectivity index (χ3v) is 2.40. The standard InChI is InChI=1S/C11H8ClNO2/c1-7-2-4-8(5-3-7)10-9(6-14)11(12)15-13-10/h2-6H,1H3. The Labute approximate surface area is 91.6 Å². The van der Waals surface area contributed by atoms with Crippen LogP contribution in [0.1, 0.15) is 15.9 Å². The van der Waals surface area contributed by atoms with Crippen LogP contribution in [0.2, 0.25) is 5.22 Å². The Balaban J connectivity index is 2.53. The van der Waals surface area contributed by atoms with Crippen molar-refractivity contribution in [2.75, 3.05) is 0 Å². The fourth-order valence-electron chi connectivity index (χ4n) is 1.30. The molecule has 0 aliphatic heterocycles. The predicted octanol–water partition coefficient (Wildman–Crippen LogP) is 3.12. The highest BCUT2D eigenvalue weighted by molar-refractivity contribution is 6.31. The maximum Gasteiger partial charge on any atom is 0.237 e. The monoisotopic (exact) mass is 221 g/mol. The summed E-state index contributed by atoms with van der Waals surface area (Å²) >= 11 is 5.67. The van der Waals surface area contributed by atoms with E-state index in [1.54, 1.807) is 0 Å². The van der Waals surface area contributed by atoms with Crippen LogP contribution < -0.4 is 0 Å². The summed E-state index contributed by atoms with van der Waals surface area (Å²) in [6.45, 7) is 1.99. The molecule has 0 saturated heterocycles. The smallest absolute Gasteiger partial charge is 0.237 e. The van der Waals surface area contributed by atoms with E-state index in [1.165, 1.54) is 0 Å². The molecule has 0 spiro atoms. The van der Waals surface area contributed by atoms with Gasteiger partial charge in [0.1, 0.15) is 11.3 Å². The zero-order chi connectivity index (χ0) is 10.8. The van der Waals surface area contributed by atoms with E-state index in [1.807, 2.05) is 31.2 Å². The number of nitrogens with zero attached hydrogens (tertiary/aromatic N) is 1. The largest absolute Gasteiger partial charge is 0.343 e. The van der Waals surface area contributed by atoms with Crippen LogP contribution in [0.5, 0.6) is 0 Å². The maximum absolute atomic E-state index is 10.8. The number of carbonyl (C=O) groups is 1. The predicted molar refractivity (Wildman–Crippen MR) is 57.1 cm³/mol. The number of aryl methyl sites for hydroxylation is 1. The molecular weight excluding hydrogens is 214 g/mol. The summed E-state index contributed by atoms with van der Waals surface area (Å²) in [4.78, 5) is 10.8. The van der Waals surface area contributed by atoms with Gasteiger partial charge in [0.2, 0.25) is 5.22 Å². The van der Waals surface area contributed by atoms with E-state index < -0.39 is 0 Å². The Morgan fingerprint density at radius 1 is 1.33 bits per heavy atom. The number of benzene rings is 1. The number of carbonyl (C=O) groups excluding carboxylic acids is 1. The lowest BCUT2D eigenvalue weighted by Crippen LogP contribution is -1.84. The Morgan fingerprint density at radius 2 is 2.00 bits per heavy atom. The first-order valence-electron chi connectivity index (χ1n) is 4.40. The number of hydrogen-bond donors (Lipinski definition) is 0. The third kappa shape index (κ3) is 1.78. The normalized spacial score (nSPS) is 10.3. The molecule has 4 heteroatoms. The van der Waals surface area contributed by atoms with Gasteiger partial charge in [0, 0.05) is 5.56 Å². The number of halogens is 1. The summed E-state index contributed by atoms with van der Waals surface area (Å²) in [6.07, 6.45) is 0.647. The van der Waals surface area contributed by atoms with Crippen molar-refractivity contribution in [2.24, 2.45) is 0 Å². The van der Waals surface area contributed by atoms with Crippen LogP contribution in [0, 0.1) is 6.92 Å². The minimum absolute atomic E-state index is 0.0283. The summed E-state index contributed by atoms with van der Waals surface area (Å²) in [5.74, 6) is 0. The molecule has 1 heterocycles. The third-order valence-electron chi connectivity index (χ3n) is 2.13. The second-order valence-corrected chi connectivity index (χ2v) is 3.55. The van der Waals surface area contributed by atoms with Gasteiger partial charge in [0.05, 0.1) is 0 Å². The Morgan fingerprint density at radius 3 is 2.60 bits per heavy atom. The lowest BCUT2D eigenvalue weighted by molar-refractivity contribution is 0.112. The van der Waals surface area contributed by atoms with Crippen molar-refractivity contribution in [3.63, 3.8) is 0 Å². The van der Waals surface area contributed by atoms with Gasteiger partial charge < -0.3 is 4.52 Å². The van der Waals surface area contributed by atoms with E-state index in [-0.39, 0.29) is 5.22 Å². The number of aromatic nitrogens is 1. The highest BCUT2D eigenvalue weighted by Gasteiger charge is 2.14. The lowest BCUT2D eigenvalue weighted by atomic mass is 10.1. The van der Waals surface area contributed by atoms with E-state index >= 15 is 0 Å². The van der Waals surface area contributed by atoms with E-state index in [0.29, 0.717) is 17.5 Å². The summed E-state index contributed by atoms with van der Waals surface area (Å²) in [5.41, 5.74) is 2.73. The Hall–Kier alpha value is -1.61. The molecule has 0 radical (unpaired) electrons. The van der Waals surface area contributed by atoms with Crippen molar-refractivity contribution in [1.82, 2.24) is 5.16 Å². The van der Waals surface area contributed by atoms with Gasteiger partial charge in [-0.2, -0.15) is 0 Å². The molecule has 3 nitrogen and oxygen atoms in total. The fraction of sp³-hybridized carbons (Fsp3) is 0.0909. The zero-order valence-corrected chi connectivity index (χ0v) is 8.78. The molecule has 0 atom stereocenters. The van der Waals surface area contributed by atoms with E-state index in [4.69, 9.17) is 16.1 Å². The summed E-state index contributed by atoms with van der Waals surface area (Å²) < 4.78 is 4.76. The molecule has 76 valence electrons. The van der Waals surface area contributed by atoms with E-state index in [2.05, 4.69) is 5.16 Å². The first kappa shape index (κ1) is 9.93. The summed E-state index contributed by atoms with van der Waals surface area (Å²) in [7, 11) is 0. The molecule has 2 aromatic rings. The molecular formula is C11H8ClNO2. The van der Waals surface area contributed by atoms with Crippen LogP contribution in [0.3, 0.4) is 0 Å².